The lowest BCUT2D eigenvalue weighted by atomic mass is 10.1. The van der Waals surface area contributed by atoms with Crippen LogP contribution in [-0.4, -0.2) is 57.8 Å². The third-order valence-electron chi connectivity index (χ3n) is 3.62. The van der Waals surface area contributed by atoms with Gasteiger partial charge in [-0.2, -0.15) is 0 Å². The number of likely N-dealkylation sites (N-methyl/N-ethyl adjacent to an activating group) is 1. The van der Waals surface area contributed by atoms with Crippen molar-refractivity contribution in [3.05, 3.63) is 31.4 Å². The van der Waals surface area contributed by atoms with Crippen molar-refractivity contribution in [1.82, 2.24) is 19.4 Å². The monoisotopic (exact) mass is 276 g/mol. The Labute approximate surface area is 118 Å². The number of piperidine rings is 1. The van der Waals surface area contributed by atoms with Crippen molar-refractivity contribution in [1.29, 1.82) is 0 Å². The predicted molar refractivity (Wildman–Crippen MR) is 74.9 cm³/mol. The van der Waals surface area contributed by atoms with E-state index >= 15 is 0 Å². The second-order valence-corrected chi connectivity index (χ2v) is 5.04. The second-order valence-electron chi connectivity index (χ2n) is 5.04. The summed E-state index contributed by atoms with van der Waals surface area (Å²) in [7, 11) is 1.61. The molecule has 0 radical (unpaired) electrons. The van der Waals surface area contributed by atoms with Gasteiger partial charge >= 0.3 is 0 Å². The summed E-state index contributed by atoms with van der Waals surface area (Å²) in [5, 5.41) is 0. The molecule has 1 fully saturated rings. The minimum atomic E-state index is -0.235. The summed E-state index contributed by atoms with van der Waals surface area (Å²) in [5.41, 5.74) is 0. The second kappa shape index (κ2) is 6.36. The molecule has 0 aromatic carbocycles. The maximum atomic E-state index is 12.2. The molecule has 1 aliphatic heterocycles. The van der Waals surface area contributed by atoms with E-state index < -0.39 is 0 Å². The lowest BCUT2D eigenvalue weighted by Crippen LogP contribution is -2.45. The zero-order valence-corrected chi connectivity index (χ0v) is 11.7. The third-order valence-corrected chi connectivity index (χ3v) is 3.62. The van der Waals surface area contributed by atoms with Crippen LogP contribution in [0.1, 0.15) is 18.9 Å². The molecule has 0 aliphatic carbocycles. The zero-order chi connectivity index (χ0) is 14.5. The van der Waals surface area contributed by atoms with E-state index in [0.717, 1.165) is 19.4 Å². The molecule has 20 heavy (non-hydrogen) atoms. The van der Waals surface area contributed by atoms with E-state index in [1.807, 2.05) is 15.7 Å². The van der Waals surface area contributed by atoms with Crippen LogP contribution >= 0.6 is 0 Å². The Kier molecular flexibility index (Phi) is 4.55. The Morgan fingerprint density at radius 1 is 1.55 bits per heavy atom. The van der Waals surface area contributed by atoms with Crippen molar-refractivity contribution < 1.29 is 9.59 Å². The van der Waals surface area contributed by atoms with Crippen molar-refractivity contribution in [2.45, 2.75) is 18.9 Å². The smallest absolute Gasteiger partial charge is 0.246 e. The number of nitrogens with zero attached hydrogens (tertiary/aromatic N) is 4. The standard InChI is InChI=1S/C14H20N4O2/c1-3-13(19)16(2)10-14(20)17-7-4-5-12(9-17)18-8-6-15-11-18/h3,6,8,11-12H,1,4-5,7,9-10H2,2H3. The summed E-state index contributed by atoms with van der Waals surface area (Å²) in [5.74, 6) is -0.256. The first-order valence-electron chi connectivity index (χ1n) is 6.74. The highest BCUT2D eigenvalue weighted by molar-refractivity contribution is 5.90. The van der Waals surface area contributed by atoms with E-state index in [1.165, 1.54) is 11.0 Å². The van der Waals surface area contributed by atoms with Gasteiger partial charge < -0.3 is 14.4 Å². The van der Waals surface area contributed by atoms with Crippen LogP contribution in [0, 0.1) is 0 Å². The summed E-state index contributed by atoms with van der Waals surface area (Å²) >= 11 is 0. The Morgan fingerprint density at radius 2 is 2.35 bits per heavy atom. The van der Waals surface area contributed by atoms with Gasteiger partial charge in [0, 0.05) is 32.5 Å². The first kappa shape index (κ1) is 14.3. The quantitative estimate of drug-likeness (QED) is 0.760. The van der Waals surface area contributed by atoms with Crippen molar-refractivity contribution in [3.63, 3.8) is 0 Å². The number of carbonyl (C=O) groups is 2. The first-order chi connectivity index (χ1) is 9.61. The summed E-state index contributed by atoms with van der Waals surface area (Å²) < 4.78 is 2.04. The molecule has 108 valence electrons. The molecule has 1 aromatic heterocycles. The van der Waals surface area contributed by atoms with E-state index in [9.17, 15) is 9.59 Å². The number of likely N-dealkylation sites (tertiary alicyclic amines) is 1. The van der Waals surface area contributed by atoms with Gasteiger partial charge in [0.05, 0.1) is 18.9 Å². The van der Waals surface area contributed by atoms with Crippen LogP contribution in [0.5, 0.6) is 0 Å². The fourth-order valence-corrected chi connectivity index (χ4v) is 2.45. The van der Waals surface area contributed by atoms with Crippen LogP contribution in [0.2, 0.25) is 0 Å². The van der Waals surface area contributed by atoms with Crippen LogP contribution in [0.15, 0.2) is 31.4 Å². The molecule has 0 N–H and O–H groups in total. The highest BCUT2D eigenvalue weighted by Gasteiger charge is 2.25. The average Bonchev–Trinajstić information content (AvgIpc) is 3.00. The van der Waals surface area contributed by atoms with Gasteiger partial charge in [0.2, 0.25) is 11.8 Å². The minimum Gasteiger partial charge on any atom is -0.339 e. The fraction of sp³-hybridized carbons (Fsp3) is 0.500. The molecule has 1 aliphatic rings. The molecule has 0 spiro atoms. The fourth-order valence-electron chi connectivity index (χ4n) is 2.45. The molecule has 0 saturated carbocycles. The highest BCUT2D eigenvalue weighted by atomic mass is 16.2. The third kappa shape index (κ3) is 3.26. The highest BCUT2D eigenvalue weighted by Crippen LogP contribution is 2.21. The number of hydrogen-bond acceptors (Lipinski definition) is 3. The molecule has 6 heteroatoms. The molecular formula is C14H20N4O2. The lowest BCUT2D eigenvalue weighted by molar-refractivity contribution is -0.138. The molecule has 1 aromatic rings. The van der Waals surface area contributed by atoms with Gasteiger partial charge in [-0.05, 0) is 18.9 Å². The maximum absolute atomic E-state index is 12.2. The molecule has 6 nitrogen and oxygen atoms in total. The SMILES string of the molecule is C=CC(=O)N(C)CC(=O)N1CCCC(n2ccnc2)C1. The summed E-state index contributed by atoms with van der Waals surface area (Å²) in [6, 6.07) is 0.274. The Bertz CT molecular complexity index is 483. The van der Waals surface area contributed by atoms with Gasteiger partial charge in [-0.1, -0.05) is 6.58 Å². The summed E-state index contributed by atoms with van der Waals surface area (Å²) in [6.45, 7) is 4.94. The topological polar surface area (TPSA) is 58.4 Å². The normalized spacial score (nSPS) is 18.6. The van der Waals surface area contributed by atoms with E-state index in [-0.39, 0.29) is 24.4 Å². The predicted octanol–water partition coefficient (Wildman–Crippen LogP) is 0.691. The van der Waals surface area contributed by atoms with Gasteiger partial charge in [-0.25, -0.2) is 4.98 Å². The largest absolute Gasteiger partial charge is 0.339 e. The number of aromatic nitrogens is 2. The van der Waals surface area contributed by atoms with Crippen LogP contribution in [0.4, 0.5) is 0 Å². The van der Waals surface area contributed by atoms with Crippen molar-refractivity contribution >= 4 is 11.8 Å². The molecule has 0 bridgehead atoms. The van der Waals surface area contributed by atoms with E-state index in [4.69, 9.17) is 0 Å². The molecular weight excluding hydrogens is 256 g/mol. The van der Waals surface area contributed by atoms with E-state index in [1.54, 1.807) is 19.6 Å². The zero-order valence-electron chi connectivity index (χ0n) is 11.7. The maximum Gasteiger partial charge on any atom is 0.246 e. The lowest BCUT2D eigenvalue weighted by Gasteiger charge is -2.34. The first-order valence-corrected chi connectivity index (χ1v) is 6.74. The Hall–Kier alpha value is -2.11. The van der Waals surface area contributed by atoms with Gasteiger partial charge in [0.15, 0.2) is 0 Å². The van der Waals surface area contributed by atoms with Gasteiger partial charge in [-0.3, -0.25) is 9.59 Å². The molecule has 2 amide bonds. The van der Waals surface area contributed by atoms with Crippen LogP contribution < -0.4 is 0 Å². The van der Waals surface area contributed by atoms with Crippen LogP contribution in [-0.2, 0) is 9.59 Å². The summed E-state index contributed by atoms with van der Waals surface area (Å²) in [4.78, 5) is 30.9. The number of imidazole rings is 1. The van der Waals surface area contributed by atoms with Gasteiger partial charge in [0.1, 0.15) is 0 Å². The van der Waals surface area contributed by atoms with E-state index in [0.29, 0.717) is 6.54 Å². The van der Waals surface area contributed by atoms with E-state index in [2.05, 4.69) is 11.6 Å². The summed E-state index contributed by atoms with van der Waals surface area (Å²) in [6.07, 6.45) is 8.68. The van der Waals surface area contributed by atoms with Crippen molar-refractivity contribution in [2.24, 2.45) is 0 Å². The molecule has 1 unspecified atom stereocenters. The van der Waals surface area contributed by atoms with Gasteiger partial charge in [0.25, 0.3) is 0 Å². The molecule has 1 saturated heterocycles. The van der Waals surface area contributed by atoms with Crippen LogP contribution in [0.3, 0.4) is 0 Å². The number of rotatable bonds is 4. The van der Waals surface area contributed by atoms with Crippen molar-refractivity contribution in [2.75, 3.05) is 26.7 Å². The Morgan fingerprint density at radius 3 is 3.00 bits per heavy atom. The molecule has 1 atom stereocenters. The van der Waals surface area contributed by atoms with Crippen molar-refractivity contribution in [3.8, 4) is 0 Å². The number of amides is 2. The molecule has 2 heterocycles. The van der Waals surface area contributed by atoms with Gasteiger partial charge in [-0.15, -0.1) is 0 Å². The average molecular weight is 276 g/mol. The Balaban J connectivity index is 1.93. The minimum absolute atomic E-state index is 0.0208. The number of hydrogen-bond donors (Lipinski definition) is 0. The number of carbonyl (C=O) groups excluding carboxylic acids is 2. The van der Waals surface area contributed by atoms with Crippen LogP contribution in [0.25, 0.3) is 0 Å². The molecule has 2 rings (SSSR count).